The Balaban J connectivity index is 1.89. The highest BCUT2D eigenvalue weighted by Gasteiger charge is 2.28. The molecule has 1 aliphatic heterocycles. The number of nitrogens with zero attached hydrogens (tertiary/aromatic N) is 2. The Labute approximate surface area is 110 Å². The second-order valence-electron chi connectivity index (χ2n) is 4.94. The maximum atomic E-state index is 11.8. The molecule has 2 heterocycles. The number of hydrogen-bond donors (Lipinski definition) is 1. The van der Waals surface area contributed by atoms with Gasteiger partial charge in [0.2, 0.25) is 11.8 Å². The van der Waals surface area contributed by atoms with Gasteiger partial charge in [-0.15, -0.1) is 0 Å². The highest BCUT2D eigenvalue weighted by molar-refractivity contribution is 5.98. The van der Waals surface area contributed by atoms with E-state index in [0.29, 0.717) is 19.3 Å². The molecule has 19 heavy (non-hydrogen) atoms. The minimum absolute atomic E-state index is 0.156. The van der Waals surface area contributed by atoms with Gasteiger partial charge in [-0.05, 0) is 12.5 Å². The van der Waals surface area contributed by atoms with Crippen molar-refractivity contribution in [3.05, 3.63) is 30.0 Å². The Bertz CT molecular complexity index is 660. The lowest BCUT2D eigenvalue weighted by Crippen LogP contribution is -2.41. The van der Waals surface area contributed by atoms with E-state index in [2.05, 4.69) is 10.4 Å². The molecule has 2 aromatic rings. The van der Waals surface area contributed by atoms with Crippen LogP contribution in [0.5, 0.6) is 0 Å². The van der Waals surface area contributed by atoms with E-state index >= 15 is 0 Å². The average Bonchev–Trinajstić information content (AvgIpc) is 2.71. The second kappa shape index (κ2) is 4.50. The van der Waals surface area contributed by atoms with Crippen LogP contribution in [0, 0.1) is 5.92 Å². The molecule has 5 heteroatoms. The van der Waals surface area contributed by atoms with Crippen LogP contribution in [-0.2, 0) is 23.1 Å². The number of hydrogen-bond acceptors (Lipinski definition) is 3. The minimum Gasteiger partial charge on any atom is -0.296 e. The highest BCUT2D eigenvalue weighted by atomic mass is 16.2. The van der Waals surface area contributed by atoms with Gasteiger partial charge in [-0.3, -0.25) is 19.6 Å². The van der Waals surface area contributed by atoms with Crippen molar-refractivity contribution in [1.29, 1.82) is 0 Å². The normalized spacial score (nSPS) is 19.7. The lowest BCUT2D eigenvalue weighted by molar-refractivity contribution is -0.136. The molecule has 0 spiro atoms. The Kier molecular flexibility index (Phi) is 2.81. The number of aromatic nitrogens is 2. The summed E-state index contributed by atoms with van der Waals surface area (Å²) >= 11 is 0. The Morgan fingerprint density at radius 2 is 2.16 bits per heavy atom. The molecule has 1 saturated heterocycles. The van der Waals surface area contributed by atoms with Gasteiger partial charge in [-0.1, -0.05) is 18.2 Å². The maximum Gasteiger partial charge on any atom is 0.230 e. The monoisotopic (exact) mass is 257 g/mol. The first-order valence-electron chi connectivity index (χ1n) is 6.39. The summed E-state index contributed by atoms with van der Waals surface area (Å²) in [6.45, 7) is 0. The number of rotatable bonds is 2. The van der Waals surface area contributed by atoms with E-state index in [9.17, 15) is 9.59 Å². The van der Waals surface area contributed by atoms with Crippen LogP contribution in [0.3, 0.4) is 0 Å². The first-order valence-corrected chi connectivity index (χ1v) is 6.39. The van der Waals surface area contributed by atoms with Gasteiger partial charge in [0.15, 0.2) is 0 Å². The van der Waals surface area contributed by atoms with Crippen LogP contribution < -0.4 is 5.32 Å². The lowest BCUT2D eigenvalue weighted by atomic mass is 9.92. The van der Waals surface area contributed by atoms with Crippen molar-refractivity contribution in [2.24, 2.45) is 13.0 Å². The van der Waals surface area contributed by atoms with Gasteiger partial charge in [0.25, 0.3) is 0 Å². The lowest BCUT2D eigenvalue weighted by Gasteiger charge is -2.19. The Hall–Kier alpha value is -2.17. The molecular formula is C14H15N3O2. The largest absolute Gasteiger partial charge is 0.296 e. The van der Waals surface area contributed by atoms with E-state index in [1.54, 1.807) is 0 Å². The number of imide groups is 1. The standard InChI is InChI=1S/C14H15N3O2/c1-17-12-5-3-2-4-10(12)11(16-17)8-9-6-7-13(18)15-14(9)19/h2-5,9H,6-8H2,1H3,(H,15,18,19). The van der Waals surface area contributed by atoms with E-state index in [-0.39, 0.29) is 17.7 Å². The van der Waals surface area contributed by atoms with E-state index < -0.39 is 0 Å². The zero-order valence-electron chi connectivity index (χ0n) is 10.7. The number of nitrogens with one attached hydrogen (secondary N) is 1. The molecule has 1 atom stereocenters. The summed E-state index contributed by atoms with van der Waals surface area (Å²) < 4.78 is 1.83. The summed E-state index contributed by atoms with van der Waals surface area (Å²) in [5, 5.41) is 7.96. The molecule has 1 fully saturated rings. The van der Waals surface area contributed by atoms with E-state index in [1.807, 2.05) is 36.0 Å². The molecule has 98 valence electrons. The summed E-state index contributed by atoms with van der Waals surface area (Å²) in [6.07, 6.45) is 1.61. The quantitative estimate of drug-likeness (QED) is 0.821. The molecular weight excluding hydrogens is 242 g/mol. The van der Waals surface area contributed by atoms with E-state index in [1.165, 1.54) is 0 Å². The second-order valence-corrected chi connectivity index (χ2v) is 4.94. The molecule has 2 amide bonds. The van der Waals surface area contributed by atoms with Crippen LogP contribution in [-0.4, -0.2) is 21.6 Å². The molecule has 1 unspecified atom stereocenters. The fourth-order valence-corrected chi connectivity index (χ4v) is 2.61. The van der Waals surface area contributed by atoms with Crippen molar-refractivity contribution < 1.29 is 9.59 Å². The van der Waals surface area contributed by atoms with Gasteiger partial charge in [0.05, 0.1) is 11.2 Å². The van der Waals surface area contributed by atoms with Gasteiger partial charge in [0.1, 0.15) is 0 Å². The van der Waals surface area contributed by atoms with Crippen molar-refractivity contribution in [2.75, 3.05) is 0 Å². The van der Waals surface area contributed by atoms with Gasteiger partial charge in [-0.25, -0.2) is 0 Å². The third-order valence-electron chi connectivity index (χ3n) is 3.63. The molecule has 0 aliphatic carbocycles. The number of benzene rings is 1. The summed E-state index contributed by atoms with van der Waals surface area (Å²) in [5.41, 5.74) is 1.98. The van der Waals surface area contributed by atoms with Crippen molar-refractivity contribution >= 4 is 22.7 Å². The number of carbonyl (C=O) groups is 2. The molecule has 1 N–H and O–H groups in total. The number of piperidine rings is 1. The molecule has 0 radical (unpaired) electrons. The SMILES string of the molecule is Cn1nc(CC2CCC(=O)NC2=O)c2ccccc21. The van der Waals surface area contributed by atoms with Gasteiger partial charge in [-0.2, -0.15) is 5.10 Å². The number of fused-ring (bicyclic) bond motifs is 1. The molecule has 5 nitrogen and oxygen atoms in total. The Morgan fingerprint density at radius 3 is 2.95 bits per heavy atom. The fourth-order valence-electron chi connectivity index (χ4n) is 2.61. The van der Waals surface area contributed by atoms with Crippen LogP contribution in [0.2, 0.25) is 0 Å². The van der Waals surface area contributed by atoms with Crippen molar-refractivity contribution in [3.63, 3.8) is 0 Å². The number of carbonyl (C=O) groups excluding carboxylic acids is 2. The minimum atomic E-state index is -0.175. The molecule has 1 aromatic heterocycles. The maximum absolute atomic E-state index is 11.8. The van der Waals surface area contributed by atoms with Gasteiger partial charge >= 0.3 is 0 Å². The molecule has 0 saturated carbocycles. The van der Waals surface area contributed by atoms with Crippen LogP contribution in [0.1, 0.15) is 18.5 Å². The number of para-hydroxylation sites is 1. The summed E-state index contributed by atoms with van der Waals surface area (Å²) in [6, 6.07) is 7.97. The van der Waals surface area contributed by atoms with Crippen molar-refractivity contribution in [3.8, 4) is 0 Å². The molecule has 1 aromatic carbocycles. The van der Waals surface area contributed by atoms with Crippen LogP contribution in [0.15, 0.2) is 24.3 Å². The van der Waals surface area contributed by atoms with Crippen LogP contribution >= 0.6 is 0 Å². The van der Waals surface area contributed by atoms with Gasteiger partial charge in [0, 0.05) is 31.2 Å². The van der Waals surface area contributed by atoms with Crippen LogP contribution in [0.4, 0.5) is 0 Å². The predicted molar refractivity (Wildman–Crippen MR) is 70.3 cm³/mol. The molecule has 0 bridgehead atoms. The van der Waals surface area contributed by atoms with Crippen molar-refractivity contribution in [1.82, 2.24) is 15.1 Å². The number of amides is 2. The topological polar surface area (TPSA) is 64.0 Å². The predicted octanol–water partition coefficient (Wildman–Crippen LogP) is 1.17. The third kappa shape index (κ3) is 2.12. The highest BCUT2D eigenvalue weighted by Crippen LogP contribution is 2.23. The molecule has 3 rings (SSSR count). The zero-order valence-corrected chi connectivity index (χ0v) is 10.7. The summed E-state index contributed by atoms with van der Waals surface area (Å²) in [7, 11) is 1.90. The zero-order chi connectivity index (χ0) is 13.4. The average molecular weight is 257 g/mol. The first-order chi connectivity index (χ1) is 9.15. The summed E-state index contributed by atoms with van der Waals surface area (Å²) in [4.78, 5) is 22.9. The van der Waals surface area contributed by atoms with Crippen LogP contribution in [0.25, 0.3) is 10.9 Å². The van der Waals surface area contributed by atoms with E-state index in [4.69, 9.17) is 0 Å². The van der Waals surface area contributed by atoms with E-state index in [0.717, 1.165) is 16.6 Å². The van der Waals surface area contributed by atoms with Crippen molar-refractivity contribution in [2.45, 2.75) is 19.3 Å². The summed E-state index contributed by atoms with van der Waals surface area (Å²) in [5.74, 6) is -0.505. The van der Waals surface area contributed by atoms with Gasteiger partial charge < -0.3 is 0 Å². The first kappa shape index (κ1) is 11.9. The third-order valence-corrected chi connectivity index (χ3v) is 3.63. The fraction of sp³-hybridized carbons (Fsp3) is 0.357. The Morgan fingerprint density at radius 1 is 1.37 bits per heavy atom. The smallest absolute Gasteiger partial charge is 0.230 e. The number of aryl methyl sites for hydroxylation is 1. The molecule has 1 aliphatic rings.